The molecule has 0 fully saturated rings. The van der Waals surface area contributed by atoms with Gasteiger partial charge >= 0.3 is 0 Å². The van der Waals surface area contributed by atoms with Crippen LogP contribution in [-0.4, -0.2) is 32.5 Å². The summed E-state index contributed by atoms with van der Waals surface area (Å²) in [5, 5.41) is 8.31. The van der Waals surface area contributed by atoms with E-state index in [9.17, 15) is 4.79 Å². The average molecular weight is 262 g/mol. The molecule has 6 nitrogen and oxygen atoms in total. The fraction of sp³-hybridized carbons (Fsp3) is 0.462. The van der Waals surface area contributed by atoms with E-state index in [0.717, 1.165) is 12.1 Å². The zero-order valence-electron chi connectivity index (χ0n) is 11.7. The lowest BCUT2D eigenvalue weighted by molar-refractivity contribution is 0.102. The highest BCUT2D eigenvalue weighted by molar-refractivity contribution is 6.10. The Labute approximate surface area is 112 Å². The van der Waals surface area contributed by atoms with Crippen molar-refractivity contribution in [3.05, 3.63) is 29.3 Å². The van der Waals surface area contributed by atoms with Crippen molar-refractivity contribution in [1.82, 2.24) is 19.6 Å². The summed E-state index contributed by atoms with van der Waals surface area (Å²) < 4.78 is 8.60. The van der Waals surface area contributed by atoms with E-state index in [1.165, 1.54) is 0 Å². The first-order valence-corrected chi connectivity index (χ1v) is 6.23. The first-order valence-electron chi connectivity index (χ1n) is 6.23. The van der Waals surface area contributed by atoms with E-state index in [0.29, 0.717) is 23.6 Å². The molecule has 0 radical (unpaired) electrons. The van der Waals surface area contributed by atoms with Crippen molar-refractivity contribution in [3.63, 3.8) is 0 Å². The van der Waals surface area contributed by atoms with Gasteiger partial charge in [0, 0.05) is 19.3 Å². The number of ketones is 1. The van der Waals surface area contributed by atoms with Crippen LogP contribution in [0.5, 0.6) is 5.75 Å². The fourth-order valence-electron chi connectivity index (χ4n) is 1.98. The second-order valence-corrected chi connectivity index (χ2v) is 4.38. The molecule has 102 valence electrons. The largest absolute Gasteiger partial charge is 0.493 e. The van der Waals surface area contributed by atoms with Crippen LogP contribution in [0.4, 0.5) is 0 Å². The van der Waals surface area contributed by atoms with E-state index in [1.807, 2.05) is 20.9 Å². The van der Waals surface area contributed by atoms with Crippen molar-refractivity contribution >= 4 is 5.78 Å². The van der Waals surface area contributed by atoms with Gasteiger partial charge in [-0.1, -0.05) is 6.92 Å². The van der Waals surface area contributed by atoms with Crippen molar-refractivity contribution in [1.29, 1.82) is 0 Å². The molecule has 0 atom stereocenters. The minimum Gasteiger partial charge on any atom is -0.493 e. The van der Waals surface area contributed by atoms with Crippen LogP contribution in [0.25, 0.3) is 0 Å². The molecular formula is C13H18N4O2. The maximum absolute atomic E-state index is 12.6. The van der Waals surface area contributed by atoms with Crippen molar-refractivity contribution in [2.45, 2.75) is 26.8 Å². The zero-order chi connectivity index (χ0) is 14.0. The van der Waals surface area contributed by atoms with Crippen LogP contribution in [0, 0.1) is 6.92 Å². The summed E-state index contributed by atoms with van der Waals surface area (Å²) in [6, 6.07) is 0. The van der Waals surface area contributed by atoms with Gasteiger partial charge in [-0.15, -0.1) is 0 Å². The third-order valence-corrected chi connectivity index (χ3v) is 3.16. The topological polar surface area (TPSA) is 61.9 Å². The second kappa shape index (κ2) is 5.26. The predicted molar refractivity (Wildman–Crippen MR) is 70.4 cm³/mol. The number of hydrogen-bond donors (Lipinski definition) is 0. The zero-order valence-corrected chi connectivity index (χ0v) is 11.7. The van der Waals surface area contributed by atoms with Gasteiger partial charge in [0.15, 0.2) is 11.4 Å². The molecule has 2 heterocycles. The smallest absolute Gasteiger partial charge is 0.218 e. The van der Waals surface area contributed by atoms with Gasteiger partial charge in [0.1, 0.15) is 0 Å². The van der Waals surface area contributed by atoms with Crippen LogP contribution < -0.4 is 4.74 Å². The average Bonchev–Trinajstić information content (AvgIpc) is 2.95. The number of methoxy groups -OCH3 is 1. The Balaban J connectivity index is 2.48. The molecule has 0 unspecified atom stereocenters. The third-order valence-electron chi connectivity index (χ3n) is 3.16. The van der Waals surface area contributed by atoms with E-state index in [2.05, 4.69) is 10.2 Å². The number of aryl methyl sites for hydroxylation is 2. The molecule has 6 heteroatoms. The molecule has 0 aliphatic heterocycles. The van der Waals surface area contributed by atoms with Gasteiger partial charge in [-0.05, 0) is 13.3 Å². The van der Waals surface area contributed by atoms with Crippen LogP contribution >= 0.6 is 0 Å². The van der Waals surface area contributed by atoms with E-state index in [1.54, 1.807) is 28.9 Å². The SMILES string of the molecule is CCCn1ncc(OC)c1C(=O)c1cnn(C)c1C. The summed E-state index contributed by atoms with van der Waals surface area (Å²) >= 11 is 0. The third kappa shape index (κ3) is 2.25. The summed E-state index contributed by atoms with van der Waals surface area (Å²) in [6.45, 7) is 4.59. The highest BCUT2D eigenvalue weighted by atomic mass is 16.5. The summed E-state index contributed by atoms with van der Waals surface area (Å²) in [5.41, 5.74) is 1.90. The predicted octanol–water partition coefficient (Wildman–Crippen LogP) is 1.57. The molecule has 0 amide bonds. The minimum absolute atomic E-state index is 0.103. The fourth-order valence-corrected chi connectivity index (χ4v) is 1.98. The van der Waals surface area contributed by atoms with Crippen molar-refractivity contribution in [3.8, 4) is 5.75 Å². The molecule has 0 saturated carbocycles. The molecule has 2 rings (SSSR count). The molecule has 0 saturated heterocycles. The lowest BCUT2D eigenvalue weighted by Crippen LogP contribution is -2.13. The number of nitrogens with zero attached hydrogens (tertiary/aromatic N) is 4. The molecule has 19 heavy (non-hydrogen) atoms. The number of ether oxygens (including phenoxy) is 1. The minimum atomic E-state index is -0.103. The standard InChI is InChI=1S/C13H18N4O2/c1-5-6-17-12(11(19-4)8-15-17)13(18)10-7-14-16(3)9(10)2/h7-8H,5-6H2,1-4H3. The highest BCUT2D eigenvalue weighted by Gasteiger charge is 2.23. The number of rotatable bonds is 5. The van der Waals surface area contributed by atoms with Crippen LogP contribution in [0.1, 0.15) is 35.1 Å². The normalized spacial score (nSPS) is 10.7. The molecule has 2 aromatic rings. The Bertz CT molecular complexity index is 598. The van der Waals surface area contributed by atoms with E-state index in [-0.39, 0.29) is 5.78 Å². The Morgan fingerprint density at radius 2 is 2.11 bits per heavy atom. The molecule has 0 aliphatic rings. The van der Waals surface area contributed by atoms with Gasteiger partial charge < -0.3 is 4.74 Å². The maximum atomic E-state index is 12.6. The first-order chi connectivity index (χ1) is 9.10. The lowest BCUT2D eigenvalue weighted by Gasteiger charge is -2.07. The van der Waals surface area contributed by atoms with Gasteiger partial charge in [-0.25, -0.2) is 0 Å². The summed E-state index contributed by atoms with van der Waals surface area (Å²) in [5.74, 6) is 0.398. The molecule has 0 aliphatic carbocycles. The van der Waals surface area contributed by atoms with Gasteiger partial charge in [0.05, 0.1) is 25.1 Å². The van der Waals surface area contributed by atoms with Gasteiger partial charge in [0.25, 0.3) is 0 Å². The first kappa shape index (κ1) is 13.3. The second-order valence-electron chi connectivity index (χ2n) is 4.38. The van der Waals surface area contributed by atoms with Gasteiger partial charge in [-0.2, -0.15) is 10.2 Å². The molecule has 0 bridgehead atoms. The van der Waals surface area contributed by atoms with Crippen LogP contribution in [0.2, 0.25) is 0 Å². The number of aromatic nitrogens is 4. The van der Waals surface area contributed by atoms with E-state index < -0.39 is 0 Å². The maximum Gasteiger partial charge on any atom is 0.218 e. The molecule has 0 aromatic carbocycles. The Morgan fingerprint density at radius 1 is 1.37 bits per heavy atom. The summed E-state index contributed by atoms with van der Waals surface area (Å²) in [4.78, 5) is 12.6. The summed E-state index contributed by atoms with van der Waals surface area (Å²) in [6.07, 6.45) is 4.06. The number of carbonyl (C=O) groups is 1. The van der Waals surface area contributed by atoms with Crippen LogP contribution in [0.3, 0.4) is 0 Å². The Morgan fingerprint density at radius 3 is 2.63 bits per heavy atom. The van der Waals surface area contributed by atoms with Gasteiger partial charge in [-0.3, -0.25) is 14.2 Å². The van der Waals surface area contributed by atoms with E-state index in [4.69, 9.17) is 4.74 Å². The molecule has 2 aromatic heterocycles. The Hall–Kier alpha value is -2.11. The highest BCUT2D eigenvalue weighted by Crippen LogP contribution is 2.22. The van der Waals surface area contributed by atoms with Crippen molar-refractivity contribution in [2.24, 2.45) is 7.05 Å². The number of carbonyl (C=O) groups excluding carboxylic acids is 1. The van der Waals surface area contributed by atoms with E-state index >= 15 is 0 Å². The quantitative estimate of drug-likeness (QED) is 0.767. The van der Waals surface area contributed by atoms with Crippen molar-refractivity contribution < 1.29 is 9.53 Å². The molecule has 0 spiro atoms. The number of hydrogen-bond acceptors (Lipinski definition) is 4. The van der Waals surface area contributed by atoms with Gasteiger partial charge in [0.2, 0.25) is 5.78 Å². The lowest BCUT2D eigenvalue weighted by atomic mass is 10.1. The molecular weight excluding hydrogens is 244 g/mol. The van der Waals surface area contributed by atoms with Crippen LogP contribution in [0.15, 0.2) is 12.4 Å². The summed E-state index contributed by atoms with van der Waals surface area (Å²) in [7, 11) is 3.35. The monoisotopic (exact) mass is 262 g/mol. The van der Waals surface area contributed by atoms with Crippen LogP contribution in [-0.2, 0) is 13.6 Å². The molecule has 0 N–H and O–H groups in total. The Kier molecular flexibility index (Phi) is 3.69. The van der Waals surface area contributed by atoms with Crippen molar-refractivity contribution in [2.75, 3.05) is 7.11 Å².